The van der Waals surface area contributed by atoms with Gasteiger partial charge in [-0.25, -0.2) is 13.1 Å². The van der Waals surface area contributed by atoms with Gasteiger partial charge in [0.2, 0.25) is 15.9 Å². The lowest BCUT2D eigenvalue weighted by Crippen LogP contribution is -2.44. The Morgan fingerprint density at radius 3 is 2.54 bits per heavy atom. The number of nitrogens with one attached hydrogen (secondary N) is 2. The summed E-state index contributed by atoms with van der Waals surface area (Å²) >= 11 is 0. The summed E-state index contributed by atoms with van der Waals surface area (Å²) < 4.78 is 27.1. The van der Waals surface area contributed by atoms with Crippen LogP contribution in [-0.2, 0) is 14.8 Å². The molecule has 0 spiro atoms. The van der Waals surface area contributed by atoms with Crippen molar-refractivity contribution in [1.82, 2.24) is 14.9 Å². The molecule has 1 aromatic carbocycles. The van der Waals surface area contributed by atoms with E-state index in [1.54, 1.807) is 21.0 Å². The highest BCUT2D eigenvalue weighted by Gasteiger charge is 2.25. The molecular weight excluding hydrogens is 330 g/mol. The lowest BCUT2D eigenvalue weighted by molar-refractivity contribution is -0.130. The molecule has 1 atom stereocenters. The van der Waals surface area contributed by atoms with Gasteiger partial charge in [-0.2, -0.15) is 0 Å². The zero-order valence-corrected chi connectivity index (χ0v) is 14.9. The van der Waals surface area contributed by atoms with E-state index in [0.717, 1.165) is 12.8 Å². The third-order valence-corrected chi connectivity index (χ3v) is 5.25. The van der Waals surface area contributed by atoms with Crippen molar-refractivity contribution < 1.29 is 18.0 Å². The van der Waals surface area contributed by atoms with Crippen molar-refractivity contribution in [3.63, 3.8) is 0 Å². The van der Waals surface area contributed by atoms with E-state index in [2.05, 4.69) is 10.0 Å². The molecule has 0 unspecified atom stereocenters. The van der Waals surface area contributed by atoms with Crippen molar-refractivity contribution in [2.45, 2.75) is 30.7 Å². The number of nitrogens with zero attached hydrogens (tertiary/aromatic N) is 1. The summed E-state index contributed by atoms with van der Waals surface area (Å²) in [5.41, 5.74) is 0.197. The Balaban J connectivity index is 2.08. The molecule has 1 saturated carbocycles. The minimum Gasteiger partial charge on any atom is -0.347 e. The maximum Gasteiger partial charge on any atom is 0.251 e. The molecule has 0 aromatic heterocycles. The maximum atomic E-state index is 12.3. The Bertz CT molecular complexity index is 727. The smallest absolute Gasteiger partial charge is 0.251 e. The molecule has 2 N–H and O–H groups in total. The maximum absolute atomic E-state index is 12.3. The van der Waals surface area contributed by atoms with Crippen LogP contribution in [0.3, 0.4) is 0 Å². The highest BCUT2D eigenvalue weighted by molar-refractivity contribution is 7.89. The summed E-state index contributed by atoms with van der Waals surface area (Å²) in [7, 11) is -0.433. The average molecular weight is 353 g/mol. The van der Waals surface area contributed by atoms with Crippen LogP contribution in [0.25, 0.3) is 0 Å². The second-order valence-electron chi connectivity index (χ2n) is 6.25. The number of benzene rings is 1. The van der Waals surface area contributed by atoms with Gasteiger partial charge in [-0.15, -0.1) is 0 Å². The number of carbonyl (C=O) groups excluding carboxylic acids is 2. The summed E-state index contributed by atoms with van der Waals surface area (Å²) in [6.07, 6.45) is 2.09. The first-order chi connectivity index (χ1) is 11.2. The fourth-order valence-corrected chi connectivity index (χ4v) is 3.33. The predicted molar refractivity (Wildman–Crippen MR) is 90.0 cm³/mol. The lowest BCUT2D eigenvalue weighted by atomic mass is 10.2. The van der Waals surface area contributed by atoms with Gasteiger partial charge in [0.25, 0.3) is 5.91 Å². The number of rotatable bonds is 7. The highest BCUT2D eigenvalue weighted by atomic mass is 32.2. The molecular formula is C16H23N3O4S. The molecule has 0 saturated heterocycles. The van der Waals surface area contributed by atoms with Crippen LogP contribution >= 0.6 is 0 Å². The van der Waals surface area contributed by atoms with Gasteiger partial charge in [0.15, 0.2) is 0 Å². The van der Waals surface area contributed by atoms with Gasteiger partial charge in [0.1, 0.15) is 6.04 Å². The van der Waals surface area contributed by atoms with E-state index < -0.39 is 22.0 Å². The second-order valence-corrected chi connectivity index (χ2v) is 8.02. The van der Waals surface area contributed by atoms with Gasteiger partial charge in [-0.3, -0.25) is 9.59 Å². The van der Waals surface area contributed by atoms with Gasteiger partial charge in [0.05, 0.1) is 4.90 Å². The van der Waals surface area contributed by atoms with Crippen molar-refractivity contribution in [2.75, 3.05) is 20.6 Å². The normalized spacial score (nSPS) is 15.6. The van der Waals surface area contributed by atoms with Gasteiger partial charge in [-0.1, -0.05) is 6.07 Å². The topological polar surface area (TPSA) is 95.6 Å². The van der Waals surface area contributed by atoms with Gasteiger partial charge < -0.3 is 10.2 Å². The van der Waals surface area contributed by atoms with Crippen LogP contribution < -0.4 is 10.0 Å². The van der Waals surface area contributed by atoms with E-state index in [0.29, 0.717) is 12.5 Å². The first kappa shape index (κ1) is 18.4. The first-order valence-electron chi connectivity index (χ1n) is 7.82. The molecule has 24 heavy (non-hydrogen) atoms. The molecule has 0 heterocycles. The standard InChI is InChI=1S/C16H23N3O4S/c1-11(16(21)19(2)3)18-15(20)13-5-4-6-14(9-13)24(22,23)17-10-12-7-8-12/h4-6,9,11-12,17H,7-8,10H2,1-3H3,(H,18,20)/t11-/m0/s1. The number of hydrogen-bond acceptors (Lipinski definition) is 4. The van der Waals surface area contributed by atoms with Crippen LogP contribution in [0.15, 0.2) is 29.2 Å². The molecule has 0 aliphatic heterocycles. The molecule has 0 radical (unpaired) electrons. The van der Waals surface area contributed by atoms with E-state index in [4.69, 9.17) is 0 Å². The van der Waals surface area contributed by atoms with E-state index in [1.807, 2.05) is 0 Å². The van der Waals surface area contributed by atoms with E-state index in [1.165, 1.54) is 29.2 Å². The lowest BCUT2D eigenvalue weighted by Gasteiger charge is -2.18. The third kappa shape index (κ3) is 4.78. The molecule has 7 nitrogen and oxygen atoms in total. The number of likely N-dealkylation sites (N-methyl/N-ethyl adjacent to an activating group) is 1. The predicted octanol–water partition coefficient (Wildman–Crippen LogP) is 0.581. The molecule has 1 fully saturated rings. The molecule has 132 valence electrons. The van der Waals surface area contributed by atoms with Crippen molar-refractivity contribution in [1.29, 1.82) is 0 Å². The largest absolute Gasteiger partial charge is 0.347 e. The van der Waals surface area contributed by atoms with E-state index in [-0.39, 0.29) is 16.4 Å². The van der Waals surface area contributed by atoms with Crippen molar-refractivity contribution in [3.05, 3.63) is 29.8 Å². The Morgan fingerprint density at radius 1 is 1.29 bits per heavy atom. The third-order valence-electron chi connectivity index (χ3n) is 3.82. The number of carbonyl (C=O) groups is 2. The van der Waals surface area contributed by atoms with Crippen molar-refractivity contribution in [3.8, 4) is 0 Å². The monoisotopic (exact) mass is 353 g/mol. The zero-order chi connectivity index (χ0) is 17.9. The van der Waals surface area contributed by atoms with E-state index in [9.17, 15) is 18.0 Å². The molecule has 1 aromatic rings. The summed E-state index contributed by atoms with van der Waals surface area (Å²) in [4.78, 5) is 25.5. The van der Waals surface area contributed by atoms with Gasteiger partial charge >= 0.3 is 0 Å². The minimum atomic E-state index is -3.63. The fourth-order valence-electron chi connectivity index (χ4n) is 2.17. The van der Waals surface area contributed by atoms with Crippen LogP contribution in [0.5, 0.6) is 0 Å². The van der Waals surface area contributed by atoms with Crippen LogP contribution in [0.2, 0.25) is 0 Å². The number of amides is 2. The first-order valence-corrected chi connectivity index (χ1v) is 9.31. The Labute approximate surface area is 142 Å². The Morgan fingerprint density at radius 2 is 1.96 bits per heavy atom. The molecule has 2 rings (SSSR count). The van der Waals surface area contributed by atoms with Crippen molar-refractivity contribution in [2.24, 2.45) is 5.92 Å². The van der Waals surface area contributed by atoms with Crippen LogP contribution in [0, 0.1) is 5.92 Å². The molecule has 1 aliphatic rings. The highest BCUT2D eigenvalue weighted by Crippen LogP contribution is 2.28. The Kier molecular flexibility index (Phi) is 5.61. The number of sulfonamides is 1. The van der Waals surface area contributed by atoms with Crippen LogP contribution in [0.4, 0.5) is 0 Å². The average Bonchev–Trinajstić information content (AvgIpc) is 3.36. The fraction of sp³-hybridized carbons (Fsp3) is 0.500. The Hall–Kier alpha value is -1.93. The molecule has 2 amide bonds. The quantitative estimate of drug-likeness (QED) is 0.750. The summed E-state index contributed by atoms with van der Waals surface area (Å²) in [5.74, 6) is -0.306. The van der Waals surface area contributed by atoms with E-state index >= 15 is 0 Å². The second kappa shape index (κ2) is 7.31. The van der Waals surface area contributed by atoms with Crippen LogP contribution in [0.1, 0.15) is 30.1 Å². The van der Waals surface area contributed by atoms with Gasteiger partial charge in [0, 0.05) is 26.2 Å². The molecule has 1 aliphatic carbocycles. The summed E-state index contributed by atoms with van der Waals surface area (Å²) in [6, 6.07) is 5.10. The van der Waals surface area contributed by atoms with Crippen LogP contribution in [-0.4, -0.2) is 51.8 Å². The molecule has 0 bridgehead atoms. The van der Waals surface area contributed by atoms with Gasteiger partial charge in [-0.05, 0) is 43.9 Å². The zero-order valence-electron chi connectivity index (χ0n) is 14.1. The van der Waals surface area contributed by atoms with Crippen molar-refractivity contribution >= 4 is 21.8 Å². The summed E-state index contributed by atoms with van der Waals surface area (Å²) in [5, 5.41) is 2.57. The number of hydrogen-bond donors (Lipinski definition) is 2. The summed E-state index contributed by atoms with van der Waals surface area (Å²) in [6.45, 7) is 2.01. The SMILES string of the molecule is C[C@H](NC(=O)c1cccc(S(=O)(=O)NCC2CC2)c1)C(=O)N(C)C. The molecule has 8 heteroatoms. The minimum absolute atomic E-state index is 0.0439.